The van der Waals surface area contributed by atoms with Crippen molar-refractivity contribution in [1.29, 1.82) is 0 Å². The zero-order chi connectivity index (χ0) is 9.14. The molecule has 0 saturated carbocycles. The molecule has 1 fully saturated rings. The number of aliphatic hydroxyl groups is 1. The number of ether oxygens (including phenoxy) is 1. The Morgan fingerprint density at radius 1 is 1.83 bits per heavy atom. The first-order valence-corrected chi connectivity index (χ1v) is 5.05. The maximum atomic E-state index is 11.1. The van der Waals surface area contributed by atoms with E-state index in [4.69, 9.17) is 9.84 Å². The predicted octanol–water partition coefficient (Wildman–Crippen LogP) is -0.429. The quantitative estimate of drug-likeness (QED) is 0.592. The zero-order valence-corrected chi connectivity index (χ0v) is 7.93. The van der Waals surface area contributed by atoms with Gasteiger partial charge in [0, 0.05) is 7.05 Å². The summed E-state index contributed by atoms with van der Waals surface area (Å²) in [7, 11) is 1.61. The van der Waals surface area contributed by atoms with Crippen molar-refractivity contribution in [2.24, 2.45) is 0 Å². The van der Waals surface area contributed by atoms with Crippen molar-refractivity contribution in [3.05, 3.63) is 0 Å². The lowest BCUT2D eigenvalue weighted by atomic mass is 10.2. The van der Waals surface area contributed by atoms with Crippen LogP contribution in [0.1, 0.15) is 6.42 Å². The van der Waals surface area contributed by atoms with Crippen LogP contribution in [0.15, 0.2) is 0 Å². The second kappa shape index (κ2) is 4.11. The topological polar surface area (TPSA) is 61.9 Å². The fraction of sp³-hybridized carbons (Fsp3) is 0.857. The lowest BCUT2D eigenvalue weighted by Crippen LogP contribution is -2.30. The summed E-state index contributed by atoms with van der Waals surface area (Å²) < 4.78 is 4.81. The third kappa shape index (κ3) is 2.36. The van der Waals surface area contributed by atoms with Crippen molar-refractivity contribution in [2.75, 3.05) is 13.3 Å². The second-order valence-electron chi connectivity index (χ2n) is 2.64. The normalized spacial score (nSPS) is 29.6. The molecule has 12 heavy (non-hydrogen) atoms. The highest BCUT2D eigenvalue weighted by atomic mass is 32.2. The number of nitrogens with one attached hydrogen (secondary N) is 1. The van der Waals surface area contributed by atoms with E-state index in [9.17, 15) is 4.79 Å². The van der Waals surface area contributed by atoms with E-state index in [1.807, 2.05) is 6.26 Å². The molecule has 3 atom stereocenters. The van der Waals surface area contributed by atoms with Crippen LogP contribution in [-0.4, -0.2) is 42.0 Å². The number of thioether (sulfide) groups is 1. The maximum Gasteiger partial charge on any atom is 0.232 e. The molecule has 0 aromatic rings. The van der Waals surface area contributed by atoms with E-state index in [2.05, 4.69) is 5.32 Å². The van der Waals surface area contributed by atoms with Crippen molar-refractivity contribution in [3.63, 3.8) is 0 Å². The molecule has 1 aliphatic heterocycles. The second-order valence-corrected chi connectivity index (χ2v) is 3.68. The van der Waals surface area contributed by atoms with Gasteiger partial charge >= 0.3 is 0 Å². The van der Waals surface area contributed by atoms with Gasteiger partial charge in [-0.15, -0.1) is 0 Å². The number of amides is 1. The van der Waals surface area contributed by atoms with E-state index in [1.54, 1.807) is 7.05 Å². The van der Waals surface area contributed by atoms with E-state index in [0.717, 1.165) is 0 Å². The van der Waals surface area contributed by atoms with E-state index in [-0.39, 0.29) is 17.3 Å². The molecule has 2 N–H and O–H groups in total. The fourth-order valence-corrected chi connectivity index (χ4v) is 1.70. The summed E-state index contributed by atoms with van der Waals surface area (Å²) in [6, 6.07) is 0. The molecule has 5 heteroatoms. The van der Waals surface area contributed by atoms with Crippen molar-refractivity contribution in [3.8, 4) is 0 Å². The smallest absolute Gasteiger partial charge is 0.232 e. The summed E-state index contributed by atoms with van der Waals surface area (Å²) >= 11 is 1.47. The highest BCUT2D eigenvalue weighted by Crippen LogP contribution is 2.27. The molecule has 1 heterocycles. The maximum absolute atomic E-state index is 11.1. The SMILES string of the molecule is CNC(=O)C(C[C@@H]1OC1O)SC. The largest absolute Gasteiger partial charge is 0.366 e. The third-order valence-electron chi connectivity index (χ3n) is 1.83. The minimum absolute atomic E-state index is 0.00907. The van der Waals surface area contributed by atoms with Gasteiger partial charge in [0.1, 0.15) is 6.10 Å². The van der Waals surface area contributed by atoms with Crippen molar-refractivity contribution >= 4 is 17.7 Å². The van der Waals surface area contributed by atoms with Crippen molar-refractivity contribution < 1.29 is 14.6 Å². The molecular formula is C7H13NO3S. The molecule has 0 aromatic heterocycles. The average molecular weight is 191 g/mol. The molecule has 70 valence electrons. The van der Waals surface area contributed by atoms with Gasteiger partial charge in [-0.1, -0.05) is 0 Å². The Bertz CT molecular complexity index is 176. The Hall–Kier alpha value is -0.260. The minimum Gasteiger partial charge on any atom is -0.366 e. The standard InChI is InChI=1S/C7H13NO3S/c1-8-6(9)5(12-2)3-4-7(10)11-4/h4-5,7,10H,3H2,1-2H3,(H,8,9)/t4-,5?,7?/m0/s1. The molecule has 0 bridgehead atoms. The molecule has 1 rings (SSSR count). The molecule has 2 unspecified atom stereocenters. The van der Waals surface area contributed by atoms with Gasteiger partial charge in [-0.05, 0) is 12.7 Å². The van der Waals surface area contributed by atoms with Gasteiger partial charge in [-0.2, -0.15) is 11.8 Å². The highest BCUT2D eigenvalue weighted by molar-refractivity contribution is 7.99. The summed E-state index contributed by atoms with van der Waals surface area (Å²) in [5.41, 5.74) is 0. The molecule has 0 aromatic carbocycles. The first-order valence-electron chi connectivity index (χ1n) is 3.77. The summed E-state index contributed by atoms with van der Waals surface area (Å²) in [6.07, 6.45) is 1.67. The van der Waals surface area contributed by atoms with Crippen LogP contribution in [0.4, 0.5) is 0 Å². The van der Waals surface area contributed by atoms with Crippen LogP contribution in [0.25, 0.3) is 0 Å². The van der Waals surface area contributed by atoms with Crippen LogP contribution in [-0.2, 0) is 9.53 Å². The van der Waals surface area contributed by atoms with Gasteiger partial charge < -0.3 is 15.2 Å². The monoisotopic (exact) mass is 191 g/mol. The highest BCUT2D eigenvalue weighted by Gasteiger charge is 2.39. The Morgan fingerprint density at radius 2 is 2.42 bits per heavy atom. The first kappa shape index (κ1) is 9.83. The van der Waals surface area contributed by atoms with Gasteiger partial charge in [0.2, 0.25) is 5.91 Å². The molecule has 0 radical (unpaired) electrons. The van der Waals surface area contributed by atoms with Crippen LogP contribution < -0.4 is 5.32 Å². The fourth-order valence-electron chi connectivity index (χ4n) is 0.988. The number of hydrogen-bond acceptors (Lipinski definition) is 4. The number of aliphatic hydroxyl groups excluding tert-OH is 1. The first-order chi connectivity index (χ1) is 5.69. The summed E-state index contributed by atoms with van der Waals surface area (Å²) in [5.74, 6) is -0.00907. The molecule has 1 amide bonds. The number of carbonyl (C=O) groups is 1. The van der Waals surface area contributed by atoms with E-state index >= 15 is 0 Å². The molecular weight excluding hydrogens is 178 g/mol. The van der Waals surface area contributed by atoms with E-state index in [1.165, 1.54) is 11.8 Å². The van der Waals surface area contributed by atoms with E-state index < -0.39 is 6.29 Å². The van der Waals surface area contributed by atoms with Gasteiger partial charge in [-0.3, -0.25) is 4.79 Å². The van der Waals surface area contributed by atoms with Crippen molar-refractivity contribution in [1.82, 2.24) is 5.32 Å². The molecule has 4 nitrogen and oxygen atoms in total. The van der Waals surface area contributed by atoms with Gasteiger partial charge in [0.05, 0.1) is 5.25 Å². The van der Waals surface area contributed by atoms with Crippen LogP contribution in [0.2, 0.25) is 0 Å². The number of carbonyl (C=O) groups excluding carboxylic acids is 1. The van der Waals surface area contributed by atoms with Gasteiger partial charge in [0.15, 0.2) is 6.29 Å². The lowest BCUT2D eigenvalue weighted by Gasteiger charge is -2.09. The minimum atomic E-state index is -0.649. The van der Waals surface area contributed by atoms with Crippen molar-refractivity contribution in [2.45, 2.75) is 24.1 Å². The zero-order valence-electron chi connectivity index (χ0n) is 7.11. The van der Waals surface area contributed by atoms with Crippen LogP contribution in [0.5, 0.6) is 0 Å². The Morgan fingerprint density at radius 3 is 2.75 bits per heavy atom. The molecule has 0 spiro atoms. The predicted molar refractivity (Wildman–Crippen MR) is 46.9 cm³/mol. The van der Waals surface area contributed by atoms with Crippen LogP contribution >= 0.6 is 11.8 Å². The van der Waals surface area contributed by atoms with Gasteiger partial charge in [0.25, 0.3) is 0 Å². The van der Waals surface area contributed by atoms with E-state index in [0.29, 0.717) is 6.42 Å². The molecule has 1 aliphatic rings. The van der Waals surface area contributed by atoms with Crippen LogP contribution in [0, 0.1) is 0 Å². The Balaban J connectivity index is 2.30. The average Bonchev–Trinajstić information content (AvgIpc) is 2.76. The number of epoxide rings is 1. The number of hydrogen-bond donors (Lipinski definition) is 2. The van der Waals surface area contributed by atoms with Gasteiger partial charge in [-0.25, -0.2) is 0 Å². The summed E-state index contributed by atoms with van der Waals surface area (Å²) in [6.45, 7) is 0. The molecule has 0 aliphatic carbocycles. The molecule has 1 saturated heterocycles. The summed E-state index contributed by atoms with van der Waals surface area (Å²) in [5, 5.41) is 11.3. The summed E-state index contributed by atoms with van der Waals surface area (Å²) in [4.78, 5) is 11.1. The number of rotatable bonds is 4. The third-order valence-corrected chi connectivity index (χ3v) is 2.80. The Labute approximate surface area is 75.7 Å². The lowest BCUT2D eigenvalue weighted by molar-refractivity contribution is -0.120. The Kier molecular flexibility index (Phi) is 3.37. The van der Waals surface area contributed by atoms with Crippen LogP contribution in [0.3, 0.4) is 0 Å².